The molecule has 0 atom stereocenters. The van der Waals surface area contributed by atoms with Gasteiger partial charge in [0.1, 0.15) is 11.2 Å². The van der Waals surface area contributed by atoms with Crippen LogP contribution in [-0.4, -0.2) is 11.6 Å². The van der Waals surface area contributed by atoms with Crippen molar-refractivity contribution in [3.63, 3.8) is 0 Å². The quantitative estimate of drug-likeness (QED) is 0.296. The fraction of sp³-hybridized carbons (Fsp3) is 0.0357. The van der Waals surface area contributed by atoms with Gasteiger partial charge in [0, 0.05) is 22.3 Å². The maximum Gasteiger partial charge on any atom is 0.200 e. The second kappa shape index (κ2) is 7.75. The fourth-order valence-electron chi connectivity index (χ4n) is 3.97. The summed E-state index contributed by atoms with van der Waals surface area (Å²) in [6, 6.07) is 26.9. The molecule has 0 N–H and O–H groups in total. The molecule has 0 unspecified atom stereocenters. The maximum atomic E-state index is 12.2. The molecular formula is C28H18O4. The first kappa shape index (κ1) is 19.6. The molecule has 32 heavy (non-hydrogen) atoms. The molecule has 1 aromatic heterocycles. The molecule has 0 aliphatic heterocycles. The molecular weight excluding hydrogens is 400 g/mol. The minimum Gasteiger partial charge on any atom is -0.456 e. The third-order valence-corrected chi connectivity index (χ3v) is 5.56. The van der Waals surface area contributed by atoms with E-state index in [2.05, 4.69) is 0 Å². The summed E-state index contributed by atoms with van der Waals surface area (Å²) in [5, 5.41) is 1.29. The lowest BCUT2D eigenvalue weighted by Gasteiger charge is -2.16. The van der Waals surface area contributed by atoms with Gasteiger partial charge in [0.25, 0.3) is 0 Å². The van der Waals surface area contributed by atoms with E-state index in [9.17, 15) is 14.4 Å². The van der Waals surface area contributed by atoms with Gasteiger partial charge in [-0.05, 0) is 31.2 Å². The Hall–Kier alpha value is -4.31. The fourth-order valence-corrected chi connectivity index (χ4v) is 3.97. The van der Waals surface area contributed by atoms with E-state index in [0.29, 0.717) is 44.2 Å². The van der Waals surface area contributed by atoms with Gasteiger partial charge in [0.05, 0.1) is 10.8 Å². The number of para-hydroxylation sites is 1. The highest BCUT2D eigenvalue weighted by atomic mass is 16.3. The zero-order valence-corrected chi connectivity index (χ0v) is 17.3. The van der Waals surface area contributed by atoms with E-state index in [4.69, 9.17) is 4.42 Å². The number of benzene rings is 4. The summed E-state index contributed by atoms with van der Waals surface area (Å²) in [5.74, 6) is -0.128. The smallest absolute Gasteiger partial charge is 0.200 e. The monoisotopic (exact) mass is 418 g/mol. The largest absolute Gasteiger partial charge is 0.456 e. The lowest BCUT2D eigenvalue weighted by molar-refractivity contribution is 0.0979. The first-order valence-electron chi connectivity index (χ1n) is 10.2. The number of aryl methyl sites for hydroxylation is 1. The molecule has 0 saturated carbocycles. The second-order valence-corrected chi connectivity index (χ2v) is 7.68. The molecule has 1 aliphatic carbocycles. The average Bonchev–Trinajstić information content (AvgIpc) is 2.84. The lowest BCUT2D eigenvalue weighted by atomic mass is 9.84. The minimum absolute atomic E-state index is 0.0422. The van der Waals surface area contributed by atoms with Gasteiger partial charge in [-0.2, -0.15) is 0 Å². The Balaban J connectivity index is 0.000000135. The zero-order valence-electron chi connectivity index (χ0n) is 17.3. The van der Waals surface area contributed by atoms with E-state index in [1.54, 1.807) is 54.6 Å². The van der Waals surface area contributed by atoms with Crippen LogP contribution in [0.2, 0.25) is 0 Å². The van der Waals surface area contributed by atoms with Crippen LogP contribution >= 0.6 is 0 Å². The van der Waals surface area contributed by atoms with Crippen LogP contribution in [0.4, 0.5) is 0 Å². The zero-order chi connectivity index (χ0) is 22.2. The van der Waals surface area contributed by atoms with Gasteiger partial charge in [-0.3, -0.25) is 14.4 Å². The van der Waals surface area contributed by atoms with Gasteiger partial charge in [0.15, 0.2) is 11.6 Å². The van der Waals surface area contributed by atoms with E-state index in [-0.39, 0.29) is 17.0 Å². The predicted octanol–water partition coefficient (Wildman–Crippen LogP) is 5.72. The van der Waals surface area contributed by atoms with Crippen LogP contribution in [0.3, 0.4) is 0 Å². The molecule has 0 amide bonds. The molecule has 0 bridgehead atoms. The topological polar surface area (TPSA) is 64.3 Å². The van der Waals surface area contributed by atoms with Crippen LogP contribution in [0.25, 0.3) is 21.9 Å². The highest BCUT2D eigenvalue weighted by molar-refractivity contribution is 6.28. The lowest BCUT2D eigenvalue weighted by Crippen LogP contribution is -2.20. The number of carbonyl (C=O) groups is 2. The van der Waals surface area contributed by atoms with E-state index in [1.807, 2.05) is 43.3 Å². The summed E-state index contributed by atoms with van der Waals surface area (Å²) in [5.41, 5.74) is 4.42. The molecule has 4 heteroatoms. The van der Waals surface area contributed by atoms with Crippen LogP contribution in [-0.2, 0) is 0 Å². The summed E-state index contributed by atoms with van der Waals surface area (Å²) in [4.78, 5) is 36.4. The molecule has 154 valence electrons. The van der Waals surface area contributed by atoms with E-state index in [0.717, 1.165) is 5.56 Å². The summed E-state index contributed by atoms with van der Waals surface area (Å²) in [7, 11) is 0. The molecule has 1 aliphatic rings. The number of carbonyl (C=O) groups excluding carboxylic acids is 2. The number of hydrogen-bond donors (Lipinski definition) is 0. The van der Waals surface area contributed by atoms with Crippen LogP contribution in [0.15, 0.2) is 100 Å². The highest BCUT2D eigenvalue weighted by Gasteiger charge is 2.28. The first-order valence-corrected chi connectivity index (χ1v) is 10.2. The maximum absolute atomic E-state index is 12.2. The summed E-state index contributed by atoms with van der Waals surface area (Å²) in [6.07, 6.45) is 0. The number of fused-ring (bicyclic) bond motifs is 4. The van der Waals surface area contributed by atoms with Gasteiger partial charge in [0.2, 0.25) is 5.43 Å². The number of ketones is 2. The highest BCUT2D eigenvalue weighted by Crippen LogP contribution is 2.26. The Bertz CT molecular complexity index is 1490. The molecule has 0 fully saturated rings. The Morgan fingerprint density at radius 1 is 0.531 bits per heavy atom. The van der Waals surface area contributed by atoms with Crippen molar-refractivity contribution in [3.8, 4) is 0 Å². The minimum atomic E-state index is -0.0641. The van der Waals surface area contributed by atoms with Gasteiger partial charge < -0.3 is 4.42 Å². The van der Waals surface area contributed by atoms with E-state index in [1.165, 1.54) is 0 Å². The average molecular weight is 418 g/mol. The Morgan fingerprint density at radius 2 is 1.00 bits per heavy atom. The van der Waals surface area contributed by atoms with Crippen LogP contribution in [0.5, 0.6) is 0 Å². The number of hydrogen-bond acceptors (Lipinski definition) is 4. The van der Waals surface area contributed by atoms with E-state index >= 15 is 0 Å². The van der Waals surface area contributed by atoms with Crippen molar-refractivity contribution < 1.29 is 14.0 Å². The van der Waals surface area contributed by atoms with Crippen molar-refractivity contribution >= 4 is 33.5 Å². The van der Waals surface area contributed by atoms with Crippen molar-refractivity contribution in [1.29, 1.82) is 0 Å². The first-order chi connectivity index (χ1) is 15.5. The third kappa shape index (κ3) is 3.22. The van der Waals surface area contributed by atoms with Crippen molar-refractivity contribution in [3.05, 3.63) is 129 Å². The van der Waals surface area contributed by atoms with Crippen LogP contribution in [0, 0.1) is 6.92 Å². The molecule has 1 heterocycles. The Kier molecular flexibility index (Phi) is 4.75. The number of rotatable bonds is 0. The van der Waals surface area contributed by atoms with Gasteiger partial charge in [-0.25, -0.2) is 0 Å². The molecule has 6 rings (SSSR count). The summed E-state index contributed by atoms with van der Waals surface area (Å²) < 4.78 is 5.68. The summed E-state index contributed by atoms with van der Waals surface area (Å²) in [6.45, 7) is 1.97. The molecule has 5 aromatic rings. The molecule has 4 aromatic carbocycles. The van der Waals surface area contributed by atoms with E-state index < -0.39 is 0 Å². The van der Waals surface area contributed by atoms with Gasteiger partial charge in [-0.1, -0.05) is 72.3 Å². The van der Waals surface area contributed by atoms with Crippen molar-refractivity contribution in [2.75, 3.05) is 0 Å². The SMILES string of the molecule is Cc1ccc2oc3ccccc3c(=O)c2c1.O=C1c2ccccc2C(=O)c2ccccc21. The third-order valence-electron chi connectivity index (χ3n) is 5.56. The normalized spacial score (nSPS) is 12.2. The predicted molar refractivity (Wildman–Crippen MR) is 124 cm³/mol. The molecule has 0 saturated heterocycles. The molecule has 4 nitrogen and oxygen atoms in total. The van der Waals surface area contributed by atoms with Gasteiger partial charge >= 0.3 is 0 Å². The Morgan fingerprint density at radius 3 is 1.56 bits per heavy atom. The van der Waals surface area contributed by atoms with Gasteiger partial charge in [-0.15, -0.1) is 0 Å². The van der Waals surface area contributed by atoms with Crippen molar-refractivity contribution in [1.82, 2.24) is 0 Å². The second-order valence-electron chi connectivity index (χ2n) is 7.68. The van der Waals surface area contributed by atoms with Crippen molar-refractivity contribution in [2.24, 2.45) is 0 Å². The van der Waals surface area contributed by atoms with Crippen LogP contribution < -0.4 is 5.43 Å². The Labute approximate surface area is 183 Å². The standard InChI is InChI=1S/C14H10O2.C14H8O2/c1-9-6-7-13-11(8-9)14(15)10-4-2-3-5-12(10)16-13;15-13-9-5-1-2-6-10(9)14(16)12-8-4-3-7-11(12)13/h2-8H,1H3;1-8H. The molecule has 0 radical (unpaired) electrons. The van der Waals surface area contributed by atoms with Crippen molar-refractivity contribution in [2.45, 2.75) is 6.92 Å². The van der Waals surface area contributed by atoms with Crippen LogP contribution in [0.1, 0.15) is 37.4 Å². The molecule has 0 spiro atoms. The summed E-state index contributed by atoms with van der Waals surface area (Å²) >= 11 is 0.